The summed E-state index contributed by atoms with van der Waals surface area (Å²) in [5.74, 6) is 0.0203. The number of halogens is 1. The highest BCUT2D eigenvalue weighted by molar-refractivity contribution is 5.78. The van der Waals surface area contributed by atoms with Gasteiger partial charge in [-0.1, -0.05) is 13.3 Å². The van der Waals surface area contributed by atoms with Crippen LogP contribution in [0, 0.1) is 0 Å². The highest BCUT2D eigenvalue weighted by atomic mass is 19.1. The van der Waals surface area contributed by atoms with Gasteiger partial charge >= 0.3 is 6.09 Å². The summed E-state index contributed by atoms with van der Waals surface area (Å²) in [7, 11) is 0. The summed E-state index contributed by atoms with van der Waals surface area (Å²) in [6.45, 7) is 4.57. The monoisotopic (exact) mass is 289 g/mol. The average molecular weight is 289 g/mol. The summed E-state index contributed by atoms with van der Waals surface area (Å²) in [4.78, 5) is 26.7. The Balaban J connectivity index is 2.18. The van der Waals surface area contributed by atoms with Crippen LogP contribution >= 0.6 is 0 Å². The summed E-state index contributed by atoms with van der Waals surface area (Å²) in [6, 6.07) is 0. The number of carbonyl (C=O) groups excluding carboxylic acids is 2. The molecule has 116 valence electrons. The van der Waals surface area contributed by atoms with Crippen molar-refractivity contribution in [3.63, 3.8) is 0 Å². The zero-order valence-electron chi connectivity index (χ0n) is 12.1. The number of hydrogen-bond donors (Lipinski definition) is 1. The third-order valence-corrected chi connectivity index (χ3v) is 3.15. The van der Waals surface area contributed by atoms with Gasteiger partial charge in [0.25, 0.3) is 0 Å². The van der Waals surface area contributed by atoms with E-state index in [4.69, 9.17) is 4.74 Å². The van der Waals surface area contributed by atoms with Crippen LogP contribution in [0.25, 0.3) is 0 Å². The molecule has 0 aromatic heterocycles. The van der Waals surface area contributed by atoms with Crippen LogP contribution in [0.15, 0.2) is 0 Å². The molecule has 0 spiro atoms. The summed E-state index contributed by atoms with van der Waals surface area (Å²) in [5.41, 5.74) is 0. The lowest BCUT2D eigenvalue weighted by molar-refractivity contribution is -0.122. The van der Waals surface area contributed by atoms with E-state index in [9.17, 15) is 14.0 Å². The molecule has 6 nitrogen and oxygen atoms in total. The molecule has 2 amide bonds. The van der Waals surface area contributed by atoms with E-state index >= 15 is 0 Å². The molecule has 1 aliphatic heterocycles. The second-order valence-electron chi connectivity index (χ2n) is 4.77. The molecule has 0 unspecified atom stereocenters. The number of carbonyl (C=O) groups is 2. The van der Waals surface area contributed by atoms with Gasteiger partial charge in [0.15, 0.2) is 0 Å². The minimum atomic E-state index is -0.663. The predicted octanol–water partition coefficient (Wildman–Crippen LogP) is 0.626. The fourth-order valence-electron chi connectivity index (χ4n) is 1.97. The topological polar surface area (TPSA) is 61.9 Å². The third-order valence-electron chi connectivity index (χ3n) is 3.15. The van der Waals surface area contributed by atoms with E-state index in [1.54, 1.807) is 4.90 Å². The lowest BCUT2D eigenvalue weighted by Crippen LogP contribution is -2.51. The average Bonchev–Trinajstić information content (AvgIpc) is 2.46. The van der Waals surface area contributed by atoms with Crippen molar-refractivity contribution in [2.75, 3.05) is 52.6 Å². The lowest BCUT2D eigenvalue weighted by atomic mass is 10.3. The largest absolute Gasteiger partial charge is 0.447 e. The van der Waals surface area contributed by atoms with Crippen molar-refractivity contribution in [2.45, 2.75) is 19.8 Å². The summed E-state index contributed by atoms with van der Waals surface area (Å²) in [5, 5.41) is 2.87. The third kappa shape index (κ3) is 6.18. The van der Waals surface area contributed by atoms with Crippen molar-refractivity contribution in [1.82, 2.24) is 15.1 Å². The van der Waals surface area contributed by atoms with Gasteiger partial charge in [-0.15, -0.1) is 0 Å². The normalized spacial score (nSPS) is 16.0. The van der Waals surface area contributed by atoms with Gasteiger partial charge in [-0.05, 0) is 6.42 Å². The minimum absolute atomic E-state index is 0.0203. The van der Waals surface area contributed by atoms with Gasteiger partial charge in [0, 0.05) is 32.7 Å². The van der Waals surface area contributed by atoms with Gasteiger partial charge in [-0.2, -0.15) is 0 Å². The van der Waals surface area contributed by atoms with E-state index in [1.807, 2.05) is 4.90 Å². The molecule has 0 aromatic carbocycles. The number of hydrogen-bond acceptors (Lipinski definition) is 4. The quantitative estimate of drug-likeness (QED) is 0.698. The van der Waals surface area contributed by atoms with Crippen LogP contribution in [0.1, 0.15) is 19.8 Å². The Morgan fingerprint density at radius 3 is 2.55 bits per heavy atom. The summed E-state index contributed by atoms with van der Waals surface area (Å²) < 4.78 is 16.6. The van der Waals surface area contributed by atoms with Crippen LogP contribution < -0.4 is 5.32 Å². The number of alkyl halides is 1. The second-order valence-corrected chi connectivity index (χ2v) is 4.77. The zero-order chi connectivity index (χ0) is 14.8. The minimum Gasteiger partial charge on any atom is -0.447 e. The smallest absolute Gasteiger partial charge is 0.409 e. The van der Waals surface area contributed by atoms with Crippen LogP contribution in [-0.4, -0.2) is 74.4 Å². The van der Waals surface area contributed by atoms with Gasteiger partial charge < -0.3 is 15.0 Å². The fraction of sp³-hybridized carbons (Fsp3) is 0.846. The molecule has 0 atom stereocenters. The van der Waals surface area contributed by atoms with Crippen molar-refractivity contribution in [3.8, 4) is 0 Å². The number of amides is 2. The molecule has 0 saturated carbocycles. The molecular weight excluding hydrogens is 265 g/mol. The van der Waals surface area contributed by atoms with Crippen LogP contribution in [0.4, 0.5) is 9.18 Å². The van der Waals surface area contributed by atoms with Gasteiger partial charge in [-0.3, -0.25) is 9.69 Å². The molecule has 1 saturated heterocycles. The van der Waals surface area contributed by atoms with E-state index in [-0.39, 0.29) is 12.5 Å². The zero-order valence-corrected chi connectivity index (χ0v) is 12.1. The van der Waals surface area contributed by atoms with Crippen LogP contribution in [-0.2, 0) is 9.53 Å². The molecule has 1 fully saturated rings. The Labute approximate surface area is 119 Å². The Morgan fingerprint density at radius 1 is 1.25 bits per heavy atom. The first-order valence-electron chi connectivity index (χ1n) is 7.14. The standard InChI is InChI=1S/C13H24FN3O3/c1-2-3-5-15-12(18)11-16-6-8-17(9-7-16)13(19)20-10-4-14/h2-11H2,1H3,(H,15,18). The predicted molar refractivity (Wildman–Crippen MR) is 73.3 cm³/mol. The van der Waals surface area contributed by atoms with E-state index in [0.29, 0.717) is 39.3 Å². The maximum Gasteiger partial charge on any atom is 0.409 e. The Hall–Kier alpha value is -1.37. The lowest BCUT2D eigenvalue weighted by Gasteiger charge is -2.33. The van der Waals surface area contributed by atoms with Crippen LogP contribution in [0.3, 0.4) is 0 Å². The molecule has 0 radical (unpaired) electrons. The van der Waals surface area contributed by atoms with Crippen LogP contribution in [0.5, 0.6) is 0 Å². The number of ether oxygens (including phenoxy) is 1. The van der Waals surface area contributed by atoms with Crippen molar-refractivity contribution >= 4 is 12.0 Å². The molecule has 1 aliphatic rings. The highest BCUT2D eigenvalue weighted by Gasteiger charge is 2.23. The van der Waals surface area contributed by atoms with Gasteiger partial charge in [0.2, 0.25) is 5.91 Å². The van der Waals surface area contributed by atoms with Gasteiger partial charge in [0.05, 0.1) is 6.54 Å². The maximum atomic E-state index is 11.9. The van der Waals surface area contributed by atoms with Crippen molar-refractivity contribution in [1.29, 1.82) is 0 Å². The van der Waals surface area contributed by atoms with E-state index in [1.165, 1.54) is 0 Å². The Morgan fingerprint density at radius 2 is 1.95 bits per heavy atom. The van der Waals surface area contributed by atoms with Gasteiger partial charge in [-0.25, -0.2) is 9.18 Å². The van der Waals surface area contributed by atoms with Crippen molar-refractivity contribution in [3.05, 3.63) is 0 Å². The maximum absolute atomic E-state index is 11.9. The second kappa shape index (κ2) is 9.52. The first-order chi connectivity index (χ1) is 9.67. The summed E-state index contributed by atoms with van der Waals surface area (Å²) in [6.07, 6.45) is 1.56. The molecule has 0 aromatic rings. The molecule has 1 N–H and O–H groups in total. The summed E-state index contributed by atoms with van der Waals surface area (Å²) >= 11 is 0. The molecule has 20 heavy (non-hydrogen) atoms. The Bertz CT molecular complexity index is 307. The van der Waals surface area contributed by atoms with Crippen molar-refractivity contribution < 1.29 is 18.7 Å². The van der Waals surface area contributed by atoms with E-state index < -0.39 is 12.8 Å². The van der Waals surface area contributed by atoms with E-state index in [2.05, 4.69) is 12.2 Å². The van der Waals surface area contributed by atoms with Crippen molar-refractivity contribution in [2.24, 2.45) is 0 Å². The number of unbranched alkanes of at least 4 members (excludes halogenated alkanes) is 1. The first kappa shape index (κ1) is 16.7. The number of piperazine rings is 1. The molecule has 0 aliphatic carbocycles. The SMILES string of the molecule is CCCCNC(=O)CN1CCN(C(=O)OCCF)CC1. The fourth-order valence-corrected chi connectivity index (χ4v) is 1.97. The molecule has 7 heteroatoms. The first-order valence-corrected chi connectivity index (χ1v) is 7.14. The van der Waals surface area contributed by atoms with Crippen LogP contribution in [0.2, 0.25) is 0 Å². The number of nitrogens with zero attached hydrogens (tertiary/aromatic N) is 2. The molecule has 1 heterocycles. The molecule has 0 bridgehead atoms. The molecular formula is C13H24FN3O3. The highest BCUT2D eigenvalue weighted by Crippen LogP contribution is 2.03. The number of rotatable bonds is 7. The number of nitrogens with one attached hydrogen (secondary N) is 1. The Kier molecular flexibility index (Phi) is 7.94. The molecule has 1 rings (SSSR count). The van der Waals surface area contributed by atoms with Gasteiger partial charge in [0.1, 0.15) is 13.3 Å². The van der Waals surface area contributed by atoms with E-state index in [0.717, 1.165) is 12.8 Å².